The molecular weight excluding hydrogens is 370 g/mol. The number of aryl methyl sites for hydroxylation is 1. The zero-order valence-corrected chi connectivity index (χ0v) is 17.2. The first kappa shape index (κ1) is 19.4. The second-order valence-corrected chi connectivity index (χ2v) is 8.48. The van der Waals surface area contributed by atoms with Crippen molar-refractivity contribution in [3.05, 3.63) is 46.0 Å². The maximum Gasteiger partial charge on any atom is 0.129 e. The Balaban J connectivity index is 2.02. The minimum atomic E-state index is -0.160. The third-order valence-electron chi connectivity index (χ3n) is 6.33. The van der Waals surface area contributed by atoms with Crippen molar-refractivity contribution in [2.45, 2.75) is 63.2 Å². The molecule has 0 bridgehead atoms. The van der Waals surface area contributed by atoms with Crippen LogP contribution in [0.1, 0.15) is 67.5 Å². The predicted molar refractivity (Wildman–Crippen MR) is 110 cm³/mol. The van der Waals surface area contributed by atoms with Gasteiger partial charge in [-0.05, 0) is 61.8 Å². The molecule has 1 fully saturated rings. The number of ether oxygens (including phenoxy) is 1. The summed E-state index contributed by atoms with van der Waals surface area (Å²) in [5.74, 6) is 0. The fraction of sp³-hybridized carbons (Fsp3) is 0.522. The highest BCUT2D eigenvalue weighted by Crippen LogP contribution is 2.45. The zero-order valence-electron chi connectivity index (χ0n) is 16.4. The van der Waals surface area contributed by atoms with Crippen molar-refractivity contribution in [3.8, 4) is 17.2 Å². The van der Waals surface area contributed by atoms with E-state index in [0.717, 1.165) is 73.9 Å². The Labute approximate surface area is 171 Å². The fourth-order valence-electron chi connectivity index (χ4n) is 5.07. The first-order valence-corrected chi connectivity index (χ1v) is 10.6. The van der Waals surface area contributed by atoms with Crippen LogP contribution in [0.2, 0.25) is 5.15 Å². The summed E-state index contributed by atoms with van der Waals surface area (Å²) in [6.45, 7) is 0.615. The summed E-state index contributed by atoms with van der Waals surface area (Å²) in [4.78, 5) is 9.32. The van der Waals surface area contributed by atoms with Gasteiger partial charge < -0.3 is 4.74 Å². The SMILES string of the molecule is COCC1(c2nc3c(c(-c4ccnc(Cl)c4)c2C#N)CCCCC3)CCCC1. The van der Waals surface area contributed by atoms with Crippen molar-refractivity contribution in [1.82, 2.24) is 9.97 Å². The van der Waals surface area contributed by atoms with Crippen LogP contribution in [-0.2, 0) is 23.0 Å². The highest BCUT2D eigenvalue weighted by Gasteiger charge is 2.40. The van der Waals surface area contributed by atoms with Crippen LogP contribution in [0.15, 0.2) is 18.3 Å². The van der Waals surface area contributed by atoms with Crippen LogP contribution in [-0.4, -0.2) is 23.7 Å². The molecule has 2 heterocycles. The second kappa shape index (κ2) is 8.19. The van der Waals surface area contributed by atoms with Crippen LogP contribution in [0.5, 0.6) is 0 Å². The lowest BCUT2D eigenvalue weighted by Crippen LogP contribution is -2.31. The quantitative estimate of drug-likeness (QED) is 0.514. The van der Waals surface area contributed by atoms with Crippen molar-refractivity contribution < 1.29 is 4.74 Å². The molecule has 0 atom stereocenters. The molecular formula is C23H26ClN3O. The van der Waals surface area contributed by atoms with Gasteiger partial charge in [0.25, 0.3) is 0 Å². The van der Waals surface area contributed by atoms with Crippen LogP contribution in [0.4, 0.5) is 0 Å². The van der Waals surface area contributed by atoms with E-state index in [1.807, 2.05) is 12.1 Å². The monoisotopic (exact) mass is 395 g/mol. The highest BCUT2D eigenvalue weighted by molar-refractivity contribution is 6.29. The zero-order chi connectivity index (χ0) is 19.6. The summed E-state index contributed by atoms with van der Waals surface area (Å²) in [6.07, 6.45) is 11.5. The minimum Gasteiger partial charge on any atom is -0.384 e. The van der Waals surface area contributed by atoms with E-state index in [2.05, 4.69) is 11.1 Å². The summed E-state index contributed by atoms with van der Waals surface area (Å²) in [5, 5.41) is 10.7. The Morgan fingerprint density at radius 1 is 1.18 bits per heavy atom. The average Bonchev–Trinajstić information content (AvgIpc) is 3.04. The topological polar surface area (TPSA) is 58.8 Å². The Morgan fingerprint density at radius 3 is 2.68 bits per heavy atom. The third kappa shape index (κ3) is 3.43. The molecule has 2 aliphatic rings. The normalized spacial score (nSPS) is 18.3. The van der Waals surface area contributed by atoms with Gasteiger partial charge in [0.15, 0.2) is 0 Å². The van der Waals surface area contributed by atoms with Gasteiger partial charge in [-0.1, -0.05) is 30.9 Å². The van der Waals surface area contributed by atoms with Crippen LogP contribution < -0.4 is 0 Å². The molecule has 4 rings (SSSR count). The standard InChI is InChI=1S/C23H26ClN3O/c1-28-15-23(10-5-6-11-23)22-18(14-25)21(16-9-12-26-20(24)13-16)17-7-3-2-4-8-19(17)27-22/h9,12-13H,2-8,10-11,15H2,1H3. The highest BCUT2D eigenvalue weighted by atomic mass is 35.5. The molecule has 0 amide bonds. The second-order valence-electron chi connectivity index (χ2n) is 8.10. The van der Waals surface area contributed by atoms with E-state index in [9.17, 15) is 5.26 Å². The Kier molecular flexibility index (Phi) is 5.66. The molecule has 4 nitrogen and oxygen atoms in total. The first-order valence-electron chi connectivity index (χ1n) is 10.3. The molecule has 0 aliphatic heterocycles. The molecule has 2 aromatic rings. The molecule has 0 radical (unpaired) electrons. The number of halogens is 1. The van der Waals surface area contributed by atoms with E-state index in [-0.39, 0.29) is 5.41 Å². The summed E-state index contributed by atoms with van der Waals surface area (Å²) in [6, 6.07) is 6.38. The molecule has 2 aromatic heterocycles. The maximum absolute atomic E-state index is 10.3. The third-order valence-corrected chi connectivity index (χ3v) is 6.54. The number of methoxy groups -OCH3 is 1. The number of hydrogen-bond donors (Lipinski definition) is 0. The minimum absolute atomic E-state index is 0.160. The number of rotatable bonds is 4. The van der Waals surface area contributed by atoms with Gasteiger partial charge in [0.05, 0.1) is 17.9 Å². The predicted octanol–water partition coefficient (Wildman–Crippen LogP) is 5.40. The molecule has 1 saturated carbocycles. The lowest BCUT2D eigenvalue weighted by atomic mass is 9.78. The van der Waals surface area contributed by atoms with E-state index < -0.39 is 0 Å². The van der Waals surface area contributed by atoms with E-state index in [4.69, 9.17) is 21.3 Å². The van der Waals surface area contributed by atoms with Crippen molar-refractivity contribution in [1.29, 1.82) is 5.26 Å². The Hall–Kier alpha value is -1.96. The van der Waals surface area contributed by atoms with Gasteiger partial charge in [-0.25, -0.2) is 4.98 Å². The number of nitrogens with zero attached hydrogens (tertiary/aromatic N) is 3. The molecule has 0 saturated heterocycles. The molecule has 0 aromatic carbocycles. The van der Waals surface area contributed by atoms with Crippen LogP contribution in [0, 0.1) is 11.3 Å². The fourth-order valence-corrected chi connectivity index (χ4v) is 5.24. The Morgan fingerprint density at radius 2 is 1.96 bits per heavy atom. The summed E-state index contributed by atoms with van der Waals surface area (Å²) >= 11 is 6.22. The van der Waals surface area contributed by atoms with E-state index in [0.29, 0.717) is 17.3 Å². The van der Waals surface area contributed by atoms with E-state index in [1.165, 1.54) is 12.0 Å². The number of hydrogen-bond acceptors (Lipinski definition) is 4. The van der Waals surface area contributed by atoms with E-state index in [1.54, 1.807) is 13.3 Å². The summed E-state index contributed by atoms with van der Waals surface area (Å²) < 4.78 is 5.64. The molecule has 0 spiro atoms. The van der Waals surface area contributed by atoms with Crippen LogP contribution >= 0.6 is 11.6 Å². The van der Waals surface area contributed by atoms with Crippen molar-refractivity contribution in [2.24, 2.45) is 0 Å². The number of pyridine rings is 2. The number of fused-ring (bicyclic) bond motifs is 1. The Bertz CT molecular complexity index is 913. The van der Waals surface area contributed by atoms with Gasteiger partial charge in [0, 0.05) is 30.0 Å². The van der Waals surface area contributed by atoms with Crippen molar-refractivity contribution in [3.63, 3.8) is 0 Å². The van der Waals surface area contributed by atoms with Crippen LogP contribution in [0.3, 0.4) is 0 Å². The molecule has 146 valence electrons. The number of nitriles is 1. The largest absolute Gasteiger partial charge is 0.384 e. The van der Waals surface area contributed by atoms with Gasteiger partial charge in [0.2, 0.25) is 0 Å². The van der Waals surface area contributed by atoms with Crippen molar-refractivity contribution in [2.75, 3.05) is 13.7 Å². The first-order chi connectivity index (χ1) is 13.7. The molecule has 5 heteroatoms. The average molecular weight is 396 g/mol. The summed E-state index contributed by atoms with van der Waals surface area (Å²) in [7, 11) is 1.75. The van der Waals surface area contributed by atoms with Crippen molar-refractivity contribution >= 4 is 11.6 Å². The van der Waals surface area contributed by atoms with Gasteiger partial charge in [-0.3, -0.25) is 4.98 Å². The van der Waals surface area contributed by atoms with Gasteiger partial charge in [0.1, 0.15) is 11.2 Å². The maximum atomic E-state index is 10.3. The van der Waals surface area contributed by atoms with Gasteiger partial charge >= 0.3 is 0 Å². The van der Waals surface area contributed by atoms with Gasteiger partial charge in [-0.2, -0.15) is 5.26 Å². The lowest BCUT2D eigenvalue weighted by molar-refractivity contribution is 0.129. The smallest absolute Gasteiger partial charge is 0.129 e. The molecule has 0 N–H and O–H groups in total. The van der Waals surface area contributed by atoms with E-state index >= 15 is 0 Å². The lowest BCUT2D eigenvalue weighted by Gasteiger charge is -2.31. The molecule has 28 heavy (non-hydrogen) atoms. The summed E-state index contributed by atoms with van der Waals surface area (Å²) in [5.41, 5.74) is 5.88. The number of aromatic nitrogens is 2. The van der Waals surface area contributed by atoms with Gasteiger partial charge in [-0.15, -0.1) is 0 Å². The van der Waals surface area contributed by atoms with Crippen LogP contribution in [0.25, 0.3) is 11.1 Å². The molecule has 2 aliphatic carbocycles. The molecule has 0 unspecified atom stereocenters.